The third-order valence-corrected chi connectivity index (χ3v) is 2.38. The van der Waals surface area contributed by atoms with Gasteiger partial charge in [0, 0.05) is 6.07 Å². The minimum atomic E-state index is -1.22. The molecule has 0 heterocycles. The highest BCUT2D eigenvalue weighted by Crippen LogP contribution is 2.26. The summed E-state index contributed by atoms with van der Waals surface area (Å²) in [5.74, 6) is -0.512. The van der Waals surface area contributed by atoms with Crippen molar-refractivity contribution in [1.29, 1.82) is 0 Å². The number of esters is 1. The third kappa shape index (κ3) is 3.21. The van der Waals surface area contributed by atoms with Gasteiger partial charge in [0.25, 0.3) is 0 Å². The second-order valence-electron chi connectivity index (χ2n) is 2.30. The van der Waals surface area contributed by atoms with Crippen molar-refractivity contribution in [3.8, 4) is 5.75 Å². The first-order chi connectivity index (χ1) is 6.50. The molecule has 0 fully saturated rings. The monoisotopic (exact) mass is 272 g/mol. The summed E-state index contributed by atoms with van der Waals surface area (Å²) in [4.78, 5) is 9.73. The van der Waals surface area contributed by atoms with E-state index in [1.807, 2.05) is 0 Å². The highest BCUT2D eigenvalue weighted by Gasteiger charge is 2.14. The third-order valence-electron chi connectivity index (χ3n) is 1.29. The molecule has 0 spiro atoms. The largest absolute Gasteiger partial charge is 0.424 e. The van der Waals surface area contributed by atoms with Gasteiger partial charge >= 0.3 is 5.97 Å². The normalized spacial score (nSPS) is 10.4. The summed E-state index contributed by atoms with van der Waals surface area (Å²) in [6.45, 7) is 0. The van der Waals surface area contributed by atoms with Crippen LogP contribution in [0.15, 0.2) is 18.2 Å². The van der Waals surface area contributed by atoms with E-state index in [-0.39, 0.29) is 10.8 Å². The molecule has 14 heavy (non-hydrogen) atoms. The lowest BCUT2D eigenvalue weighted by molar-refractivity contribution is -0.132. The number of halogens is 4. The molecule has 76 valence electrons. The molecule has 1 aromatic rings. The summed E-state index contributed by atoms with van der Waals surface area (Å²) in [5.41, 5.74) is 0. The fourth-order valence-electron chi connectivity index (χ4n) is 0.701. The molecule has 0 saturated heterocycles. The molecular weight excluding hydrogens is 270 g/mol. The van der Waals surface area contributed by atoms with Crippen molar-refractivity contribution in [3.05, 3.63) is 28.2 Å². The highest BCUT2D eigenvalue weighted by atomic mass is 35.5. The van der Waals surface area contributed by atoms with E-state index < -0.39 is 10.8 Å². The van der Waals surface area contributed by atoms with Crippen LogP contribution in [0.1, 0.15) is 0 Å². The molecule has 0 N–H and O–H groups in total. The van der Waals surface area contributed by atoms with E-state index in [0.717, 1.165) is 0 Å². The first kappa shape index (κ1) is 11.9. The van der Waals surface area contributed by atoms with Crippen LogP contribution in [0.25, 0.3) is 0 Å². The molecule has 6 heteroatoms. The topological polar surface area (TPSA) is 26.3 Å². The van der Waals surface area contributed by atoms with Gasteiger partial charge in [-0.2, -0.15) is 0 Å². The molecule has 1 aromatic carbocycles. The van der Waals surface area contributed by atoms with Gasteiger partial charge < -0.3 is 4.74 Å². The van der Waals surface area contributed by atoms with Crippen LogP contribution in [0.4, 0.5) is 0 Å². The van der Waals surface area contributed by atoms with E-state index >= 15 is 0 Å². The molecule has 0 aliphatic carbocycles. The Morgan fingerprint density at radius 2 is 1.86 bits per heavy atom. The smallest absolute Gasteiger partial charge is 0.344 e. The van der Waals surface area contributed by atoms with Crippen LogP contribution in [0.5, 0.6) is 5.75 Å². The zero-order chi connectivity index (χ0) is 10.7. The fraction of sp³-hybridized carbons (Fsp3) is 0.125. The van der Waals surface area contributed by atoms with Gasteiger partial charge in [-0.15, -0.1) is 0 Å². The number of hydrogen-bond donors (Lipinski definition) is 0. The van der Waals surface area contributed by atoms with Crippen LogP contribution in [0.3, 0.4) is 0 Å². The summed E-state index contributed by atoms with van der Waals surface area (Å²) in [5, 5.41) is 0.664. The first-order valence-corrected chi connectivity index (χ1v) is 5.08. The Bertz CT molecular complexity index is 351. The highest BCUT2D eigenvalue weighted by molar-refractivity contribution is 6.53. The molecule has 0 unspecified atom stereocenters. The maximum atomic E-state index is 10.9. The molecule has 0 atom stereocenters. The van der Waals surface area contributed by atoms with Gasteiger partial charge in [0.15, 0.2) is 0 Å². The molecule has 1 rings (SSSR count). The quantitative estimate of drug-likeness (QED) is 0.467. The van der Waals surface area contributed by atoms with Crippen molar-refractivity contribution in [2.24, 2.45) is 0 Å². The van der Waals surface area contributed by atoms with Crippen molar-refractivity contribution in [2.75, 3.05) is 0 Å². The van der Waals surface area contributed by atoms with E-state index in [9.17, 15) is 4.79 Å². The van der Waals surface area contributed by atoms with E-state index in [2.05, 4.69) is 0 Å². The molecule has 0 aliphatic heterocycles. The number of benzene rings is 1. The predicted molar refractivity (Wildman–Crippen MR) is 57.6 cm³/mol. The van der Waals surface area contributed by atoms with Crippen molar-refractivity contribution in [2.45, 2.75) is 4.84 Å². The van der Waals surface area contributed by atoms with Crippen LogP contribution in [0.2, 0.25) is 10.0 Å². The summed E-state index contributed by atoms with van der Waals surface area (Å²) in [6.07, 6.45) is 0. The second-order valence-corrected chi connectivity index (χ2v) is 4.21. The van der Waals surface area contributed by atoms with Gasteiger partial charge in [-0.05, 0) is 12.1 Å². The number of carbonyl (C=O) groups excluding carboxylic acids is 1. The number of alkyl halides is 2. The number of rotatable bonds is 2. The maximum absolute atomic E-state index is 10.9. The van der Waals surface area contributed by atoms with Crippen LogP contribution in [-0.4, -0.2) is 10.8 Å². The Labute approximate surface area is 101 Å². The average molecular weight is 274 g/mol. The minimum Gasteiger partial charge on any atom is -0.424 e. The first-order valence-electron chi connectivity index (χ1n) is 3.45. The van der Waals surface area contributed by atoms with Crippen LogP contribution < -0.4 is 4.74 Å². The van der Waals surface area contributed by atoms with Gasteiger partial charge in [0.2, 0.25) is 4.84 Å². The number of ether oxygens (including phenoxy) is 1. The zero-order valence-corrected chi connectivity index (χ0v) is 9.66. The fourth-order valence-corrected chi connectivity index (χ4v) is 1.08. The van der Waals surface area contributed by atoms with Gasteiger partial charge in [-0.3, -0.25) is 0 Å². The minimum absolute atomic E-state index is 0.246. The van der Waals surface area contributed by atoms with Crippen molar-refractivity contribution < 1.29 is 9.53 Å². The Morgan fingerprint density at radius 1 is 1.21 bits per heavy atom. The van der Waals surface area contributed by atoms with E-state index in [1.165, 1.54) is 18.2 Å². The van der Waals surface area contributed by atoms with Crippen LogP contribution in [0, 0.1) is 0 Å². The summed E-state index contributed by atoms with van der Waals surface area (Å²) in [7, 11) is 0. The molecule has 0 aromatic heterocycles. The van der Waals surface area contributed by atoms with Crippen molar-refractivity contribution in [1.82, 2.24) is 0 Å². The molecule has 0 radical (unpaired) electrons. The summed E-state index contributed by atoms with van der Waals surface area (Å²) < 4.78 is 4.77. The van der Waals surface area contributed by atoms with Gasteiger partial charge in [0.1, 0.15) is 5.75 Å². The summed E-state index contributed by atoms with van der Waals surface area (Å²) >= 11 is 21.9. The Hall–Kier alpha value is -0.150. The Morgan fingerprint density at radius 3 is 2.36 bits per heavy atom. The van der Waals surface area contributed by atoms with Crippen LogP contribution in [-0.2, 0) is 4.79 Å². The van der Waals surface area contributed by atoms with Crippen LogP contribution >= 0.6 is 46.4 Å². The van der Waals surface area contributed by atoms with Crippen molar-refractivity contribution >= 4 is 52.4 Å². The lowest BCUT2D eigenvalue weighted by Crippen LogP contribution is -2.15. The van der Waals surface area contributed by atoms with Gasteiger partial charge in [-0.1, -0.05) is 46.4 Å². The molecule has 2 nitrogen and oxygen atoms in total. The van der Waals surface area contributed by atoms with E-state index in [0.29, 0.717) is 5.02 Å². The average Bonchev–Trinajstić information content (AvgIpc) is 2.11. The standard InChI is InChI=1S/C8H4Cl4O2/c9-5-2-1-4(3-6(5)10)14-8(13)7(11)12/h1-3,7H. The zero-order valence-electron chi connectivity index (χ0n) is 6.64. The van der Waals surface area contributed by atoms with E-state index in [1.54, 1.807) is 0 Å². The molecule has 0 aliphatic rings. The summed E-state index contributed by atoms with van der Waals surface area (Å²) in [6, 6.07) is 4.39. The molecular formula is C8H4Cl4O2. The Balaban J connectivity index is 2.78. The molecule has 0 amide bonds. The number of carbonyl (C=O) groups is 1. The van der Waals surface area contributed by atoms with Crippen molar-refractivity contribution in [3.63, 3.8) is 0 Å². The van der Waals surface area contributed by atoms with Gasteiger partial charge in [0.05, 0.1) is 10.0 Å². The van der Waals surface area contributed by atoms with E-state index in [4.69, 9.17) is 51.1 Å². The predicted octanol–water partition coefficient (Wildman–Crippen LogP) is 3.70. The lowest BCUT2D eigenvalue weighted by Gasteiger charge is -2.04. The maximum Gasteiger partial charge on any atom is 0.344 e. The molecule has 0 bridgehead atoms. The molecule has 0 saturated carbocycles. The number of hydrogen-bond acceptors (Lipinski definition) is 2. The Kier molecular flexibility index (Phi) is 4.32. The SMILES string of the molecule is O=C(Oc1ccc(Cl)c(Cl)c1)C(Cl)Cl. The van der Waals surface area contributed by atoms with Gasteiger partial charge in [-0.25, -0.2) is 4.79 Å². The second kappa shape index (κ2) is 5.08. The lowest BCUT2D eigenvalue weighted by atomic mass is 10.3.